The molecule has 5 rings (SSSR count). The molecule has 2 aromatic heterocycles. The number of benzene rings is 3. The molecule has 0 fully saturated rings. The Bertz CT molecular complexity index is 1450. The topological polar surface area (TPSA) is 8.24 Å². The van der Waals surface area contributed by atoms with Gasteiger partial charge in [-0.15, -0.1) is 11.3 Å². The zero-order chi connectivity index (χ0) is 19.4. The van der Waals surface area contributed by atoms with Crippen LogP contribution in [0.25, 0.3) is 47.2 Å². The second kappa shape index (κ2) is 6.15. The van der Waals surface area contributed by atoms with Crippen molar-refractivity contribution >= 4 is 48.1 Å². The standard InChI is InChI=1S/C25H19N2S/c1-15-13-20-19-11-10-18(26-3)14-23(19)28-25(20)24(16(15)2)22-12-9-17-7-5-6-8-21(17)27(22)4/h5-14H,1-2,4H3/q+1. The van der Waals surface area contributed by atoms with Gasteiger partial charge in [-0.05, 0) is 54.6 Å². The van der Waals surface area contributed by atoms with Crippen molar-refractivity contribution in [3.05, 3.63) is 83.2 Å². The Kier molecular flexibility index (Phi) is 3.72. The molecule has 0 bridgehead atoms. The van der Waals surface area contributed by atoms with Crippen molar-refractivity contribution in [2.24, 2.45) is 7.05 Å². The third-order valence-corrected chi connectivity index (χ3v) is 6.92. The molecule has 3 aromatic carbocycles. The lowest BCUT2D eigenvalue weighted by molar-refractivity contribution is -0.633. The van der Waals surface area contributed by atoms with E-state index in [-0.39, 0.29) is 0 Å². The molecule has 0 amide bonds. The molecule has 0 saturated carbocycles. The molecular formula is C25H19N2S+. The molecule has 0 N–H and O–H groups in total. The number of fused-ring (bicyclic) bond motifs is 4. The summed E-state index contributed by atoms with van der Waals surface area (Å²) >= 11 is 1.79. The molecule has 0 aliphatic rings. The average molecular weight is 380 g/mol. The van der Waals surface area contributed by atoms with Gasteiger partial charge in [0.1, 0.15) is 7.05 Å². The zero-order valence-corrected chi connectivity index (χ0v) is 16.9. The summed E-state index contributed by atoms with van der Waals surface area (Å²) in [6.45, 7) is 11.7. The van der Waals surface area contributed by atoms with E-state index in [1.165, 1.54) is 53.5 Å². The maximum absolute atomic E-state index is 7.33. The molecule has 28 heavy (non-hydrogen) atoms. The van der Waals surface area contributed by atoms with Crippen LogP contribution in [0.3, 0.4) is 0 Å². The van der Waals surface area contributed by atoms with Gasteiger partial charge in [0.2, 0.25) is 11.2 Å². The summed E-state index contributed by atoms with van der Waals surface area (Å²) < 4.78 is 4.77. The highest BCUT2D eigenvalue weighted by molar-refractivity contribution is 7.26. The summed E-state index contributed by atoms with van der Waals surface area (Å²) in [5.74, 6) is 0. The summed E-state index contributed by atoms with van der Waals surface area (Å²) in [6, 6.07) is 21.3. The second-order valence-corrected chi connectivity index (χ2v) is 8.35. The van der Waals surface area contributed by atoms with Gasteiger partial charge in [-0.3, -0.25) is 0 Å². The Morgan fingerprint density at radius 2 is 1.75 bits per heavy atom. The van der Waals surface area contributed by atoms with Gasteiger partial charge in [0.15, 0.2) is 5.69 Å². The Morgan fingerprint density at radius 3 is 2.57 bits per heavy atom. The molecule has 0 aliphatic carbocycles. The maximum Gasteiger partial charge on any atom is 0.214 e. The minimum atomic E-state index is 0.699. The normalized spacial score (nSPS) is 11.4. The van der Waals surface area contributed by atoms with Crippen molar-refractivity contribution < 1.29 is 4.57 Å². The summed E-state index contributed by atoms with van der Waals surface area (Å²) in [5, 5.41) is 3.76. The monoisotopic (exact) mass is 379 g/mol. The molecule has 2 nitrogen and oxygen atoms in total. The molecule has 0 unspecified atom stereocenters. The van der Waals surface area contributed by atoms with Crippen molar-refractivity contribution in [2.75, 3.05) is 0 Å². The molecular weight excluding hydrogens is 360 g/mol. The molecule has 3 heteroatoms. The van der Waals surface area contributed by atoms with E-state index in [0.29, 0.717) is 5.69 Å². The van der Waals surface area contributed by atoms with Gasteiger partial charge in [-0.2, -0.15) is 4.57 Å². The van der Waals surface area contributed by atoms with Crippen LogP contribution in [-0.2, 0) is 7.05 Å². The van der Waals surface area contributed by atoms with Crippen molar-refractivity contribution in [1.82, 2.24) is 0 Å². The fraction of sp³-hybridized carbons (Fsp3) is 0.120. The lowest BCUT2D eigenvalue weighted by atomic mass is 9.96. The van der Waals surface area contributed by atoms with E-state index in [0.717, 1.165) is 0 Å². The third kappa shape index (κ3) is 2.35. The molecule has 0 radical (unpaired) electrons. The Hall–Kier alpha value is -3.22. The minimum Gasteiger partial charge on any atom is -0.238 e. The van der Waals surface area contributed by atoms with E-state index in [1.807, 2.05) is 12.1 Å². The number of nitrogens with zero attached hydrogens (tertiary/aromatic N) is 2. The first-order valence-electron chi connectivity index (χ1n) is 9.30. The van der Waals surface area contributed by atoms with Gasteiger partial charge in [-0.25, -0.2) is 4.85 Å². The van der Waals surface area contributed by atoms with E-state index >= 15 is 0 Å². The molecule has 2 heterocycles. The molecule has 134 valence electrons. The van der Waals surface area contributed by atoms with Crippen LogP contribution in [0.15, 0.2) is 60.7 Å². The first kappa shape index (κ1) is 16.9. The number of para-hydroxylation sites is 1. The Labute approximate surface area is 168 Å². The quantitative estimate of drug-likeness (QED) is 0.222. The number of aryl methyl sites for hydroxylation is 2. The van der Waals surface area contributed by atoms with Crippen molar-refractivity contribution in [1.29, 1.82) is 0 Å². The van der Waals surface area contributed by atoms with E-state index in [2.05, 4.69) is 78.8 Å². The Balaban J connectivity index is 1.93. The summed E-state index contributed by atoms with van der Waals surface area (Å²) in [7, 11) is 2.15. The van der Waals surface area contributed by atoms with Gasteiger partial charge < -0.3 is 0 Å². The van der Waals surface area contributed by atoms with Gasteiger partial charge in [0.25, 0.3) is 0 Å². The smallest absolute Gasteiger partial charge is 0.214 e. The fourth-order valence-electron chi connectivity index (χ4n) is 4.10. The molecule has 5 aromatic rings. The van der Waals surface area contributed by atoms with Crippen LogP contribution in [-0.4, -0.2) is 0 Å². The summed E-state index contributed by atoms with van der Waals surface area (Å²) in [5.41, 5.74) is 7.06. The lowest BCUT2D eigenvalue weighted by Crippen LogP contribution is -2.32. The van der Waals surface area contributed by atoms with Crippen LogP contribution >= 0.6 is 11.3 Å². The SMILES string of the molecule is [C-]#[N+]c1ccc2c(c1)sc1c(-c3ccc4ccccc4[n+]3C)c(C)c(C)cc12. The summed E-state index contributed by atoms with van der Waals surface area (Å²) in [6.07, 6.45) is 0. The second-order valence-electron chi connectivity index (χ2n) is 7.30. The number of hydrogen-bond donors (Lipinski definition) is 0. The van der Waals surface area contributed by atoms with Crippen LogP contribution in [0.2, 0.25) is 0 Å². The zero-order valence-electron chi connectivity index (χ0n) is 16.1. The predicted octanol–water partition coefficient (Wildman–Crippen LogP) is 6.87. The highest BCUT2D eigenvalue weighted by Gasteiger charge is 2.22. The highest BCUT2D eigenvalue weighted by Crippen LogP contribution is 2.43. The third-order valence-electron chi connectivity index (χ3n) is 5.73. The largest absolute Gasteiger partial charge is 0.238 e. The van der Waals surface area contributed by atoms with Crippen LogP contribution in [0.5, 0.6) is 0 Å². The number of hydrogen-bond acceptors (Lipinski definition) is 1. The van der Waals surface area contributed by atoms with Gasteiger partial charge in [-0.1, -0.05) is 24.3 Å². The first-order valence-corrected chi connectivity index (χ1v) is 10.1. The molecule has 0 aliphatic heterocycles. The van der Waals surface area contributed by atoms with Crippen LogP contribution in [0.1, 0.15) is 11.1 Å². The van der Waals surface area contributed by atoms with Crippen molar-refractivity contribution in [2.45, 2.75) is 13.8 Å². The first-order chi connectivity index (χ1) is 13.6. The molecule has 0 atom stereocenters. The van der Waals surface area contributed by atoms with E-state index in [9.17, 15) is 0 Å². The van der Waals surface area contributed by atoms with E-state index in [1.54, 1.807) is 11.3 Å². The van der Waals surface area contributed by atoms with Crippen LogP contribution in [0, 0.1) is 20.4 Å². The highest BCUT2D eigenvalue weighted by atomic mass is 32.1. The van der Waals surface area contributed by atoms with Gasteiger partial charge in [0.05, 0.1) is 12.1 Å². The summed E-state index contributed by atoms with van der Waals surface area (Å²) in [4.78, 5) is 3.61. The molecule has 0 spiro atoms. The fourth-order valence-corrected chi connectivity index (χ4v) is 5.43. The van der Waals surface area contributed by atoms with E-state index in [4.69, 9.17) is 6.57 Å². The Morgan fingerprint density at radius 1 is 0.929 bits per heavy atom. The average Bonchev–Trinajstić information content (AvgIpc) is 3.07. The van der Waals surface area contributed by atoms with Crippen molar-refractivity contribution in [3.63, 3.8) is 0 Å². The lowest BCUT2D eigenvalue weighted by Gasteiger charge is -2.10. The van der Waals surface area contributed by atoms with Crippen LogP contribution in [0.4, 0.5) is 5.69 Å². The van der Waals surface area contributed by atoms with Crippen molar-refractivity contribution in [3.8, 4) is 11.3 Å². The number of aromatic nitrogens is 1. The van der Waals surface area contributed by atoms with Crippen LogP contribution < -0.4 is 4.57 Å². The van der Waals surface area contributed by atoms with E-state index < -0.39 is 0 Å². The van der Waals surface area contributed by atoms with Gasteiger partial charge in [0, 0.05) is 32.3 Å². The maximum atomic E-state index is 7.33. The van der Waals surface area contributed by atoms with Gasteiger partial charge >= 0.3 is 0 Å². The number of rotatable bonds is 1. The minimum absolute atomic E-state index is 0.699. The number of pyridine rings is 1. The number of thiophene rings is 1. The predicted molar refractivity (Wildman–Crippen MR) is 119 cm³/mol. The molecule has 0 saturated heterocycles.